The molecule has 0 fully saturated rings. The minimum absolute atomic E-state index is 0.0122. The highest BCUT2D eigenvalue weighted by Crippen LogP contribution is 2.27. The van der Waals surface area contributed by atoms with Crippen molar-refractivity contribution >= 4 is 61.0 Å². The van der Waals surface area contributed by atoms with E-state index < -0.39 is 11.8 Å². The second-order valence-corrected chi connectivity index (χ2v) is 8.58. The summed E-state index contributed by atoms with van der Waals surface area (Å²) in [5.41, 5.74) is 6.21. The zero-order valence-electron chi connectivity index (χ0n) is 16.5. The van der Waals surface area contributed by atoms with Crippen molar-refractivity contribution in [3.8, 4) is 11.5 Å². The molecule has 30 heavy (non-hydrogen) atoms. The number of ether oxygens (including phenoxy) is 2. The van der Waals surface area contributed by atoms with Crippen LogP contribution in [-0.2, 0) is 4.79 Å². The van der Waals surface area contributed by atoms with Crippen molar-refractivity contribution in [2.24, 2.45) is 0 Å². The van der Waals surface area contributed by atoms with Gasteiger partial charge in [0.1, 0.15) is 11.5 Å². The Kier molecular flexibility index (Phi) is 9.07. The van der Waals surface area contributed by atoms with Gasteiger partial charge < -0.3 is 9.47 Å². The van der Waals surface area contributed by atoms with Crippen molar-refractivity contribution in [2.45, 2.75) is 26.9 Å². The Morgan fingerprint density at radius 1 is 1.07 bits per heavy atom. The second-order valence-electron chi connectivity index (χ2n) is 6.47. The molecule has 0 radical (unpaired) electrons. The minimum Gasteiger partial charge on any atom is -0.490 e. The highest BCUT2D eigenvalue weighted by atomic mass is 79.9. The molecule has 2 aromatic rings. The summed E-state index contributed by atoms with van der Waals surface area (Å²) in [6.45, 7) is 5.53. The predicted octanol–water partition coefficient (Wildman–Crippen LogP) is 4.02. The van der Waals surface area contributed by atoms with Crippen LogP contribution in [0.1, 0.15) is 29.8 Å². The van der Waals surface area contributed by atoms with Crippen LogP contribution in [0, 0.1) is 6.92 Å². The molecule has 2 rings (SSSR count). The van der Waals surface area contributed by atoms with E-state index in [4.69, 9.17) is 21.7 Å². The normalized spacial score (nSPS) is 10.3. The number of benzene rings is 2. The van der Waals surface area contributed by atoms with E-state index in [1.807, 2.05) is 32.9 Å². The number of rotatable bonds is 6. The Morgan fingerprint density at radius 3 is 2.43 bits per heavy atom. The number of thiocarbonyl (C=S) groups is 1. The summed E-state index contributed by atoms with van der Waals surface area (Å²) in [5.74, 6) is 0.318. The molecule has 7 nitrogen and oxygen atoms in total. The molecule has 0 bridgehead atoms. The van der Waals surface area contributed by atoms with Gasteiger partial charge in [0.05, 0.1) is 10.6 Å². The molecular weight excluding hydrogens is 538 g/mol. The van der Waals surface area contributed by atoms with Gasteiger partial charge in [0.15, 0.2) is 11.7 Å². The maximum absolute atomic E-state index is 12.3. The second kappa shape index (κ2) is 11.3. The first-order valence-electron chi connectivity index (χ1n) is 8.91. The number of hydrogen-bond donors (Lipinski definition) is 3. The Labute approximate surface area is 197 Å². The topological polar surface area (TPSA) is 88.7 Å². The molecule has 2 aromatic carbocycles. The molecule has 0 saturated heterocycles. The Hall–Kier alpha value is -2.17. The van der Waals surface area contributed by atoms with E-state index in [-0.39, 0.29) is 17.8 Å². The minimum atomic E-state index is -0.454. The number of hydrogen-bond acceptors (Lipinski definition) is 5. The monoisotopic (exact) mass is 557 g/mol. The number of carbonyl (C=O) groups excluding carboxylic acids is 2. The average Bonchev–Trinajstić information content (AvgIpc) is 2.68. The van der Waals surface area contributed by atoms with Gasteiger partial charge in [-0.15, -0.1) is 0 Å². The van der Waals surface area contributed by atoms with Crippen molar-refractivity contribution in [2.75, 3.05) is 6.61 Å². The Bertz CT molecular complexity index is 954. The van der Waals surface area contributed by atoms with Crippen LogP contribution in [0.2, 0.25) is 0 Å². The van der Waals surface area contributed by atoms with E-state index in [1.165, 1.54) is 0 Å². The van der Waals surface area contributed by atoms with E-state index in [1.54, 1.807) is 24.3 Å². The highest BCUT2D eigenvalue weighted by molar-refractivity contribution is 9.10. The first-order valence-corrected chi connectivity index (χ1v) is 10.9. The summed E-state index contributed by atoms with van der Waals surface area (Å²) < 4.78 is 12.6. The number of aryl methyl sites for hydroxylation is 1. The van der Waals surface area contributed by atoms with Crippen LogP contribution in [0.15, 0.2) is 45.3 Å². The smallest absolute Gasteiger partial charge is 0.276 e. The molecule has 0 aliphatic carbocycles. The summed E-state index contributed by atoms with van der Waals surface area (Å²) in [7, 11) is 0. The Morgan fingerprint density at radius 2 is 1.80 bits per heavy atom. The predicted molar refractivity (Wildman–Crippen MR) is 126 cm³/mol. The molecule has 0 saturated carbocycles. The van der Waals surface area contributed by atoms with E-state index in [9.17, 15) is 9.59 Å². The van der Waals surface area contributed by atoms with Crippen LogP contribution in [-0.4, -0.2) is 29.6 Å². The van der Waals surface area contributed by atoms with Crippen LogP contribution in [0.5, 0.6) is 11.5 Å². The molecule has 10 heteroatoms. The van der Waals surface area contributed by atoms with Crippen LogP contribution in [0.4, 0.5) is 0 Å². The third kappa shape index (κ3) is 7.58. The SMILES string of the molecule is Cc1cc(OCC(=O)NNC(=S)NC(=O)c2ccc(OC(C)C)c(Br)c2)ccc1Br. The van der Waals surface area contributed by atoms with Crippen molar-refractivity contribution in [3.05, 3.63) is 56.5 Å². The van der Waals surface area contributed by atoms with Gasteiger partial charge in [-0.1, -0.05) is 15.9 Å². The van der Waals surface area contributed by atoms with Crippen LogP contribution < -0.4 is 25.6 Å². The van der Waals surface area contributed by atoms with Crippen LogP contribution in [0.25, 0.3) is 0 Å². The summed E-state index contributed by atoms with van der Waals surface area (Å²) in [4.78, 5) is 24.2. The van der Waals surface area contributed by atoms with E-state index >= 15 is 0 Å². The zero-order valence-corrected chi connectivity index (χ0v) is 20.5. The van der Waals surface area contributed by atoms with Crippen molar-refractivity contribution in [3.63, 3.8) is 0 Å². The third-order valence-corrected chi connectivity index (χ3v) is 5.31. The molecule has 0 aromatic heterocycles. The lowest BCUT2D eigenvalue weighted by Crippen LogP contribution is -2.49. The van der Waals surface area contributed by atoms with E-state index in [0.717, 1.165) is 10.0 Å². The molecule has 2 amide bonds. The molecule has 0 aliphatic rings. The summed E-state index contributed by atoms with van der Waals surface area (Å²) in [5, 5.41) is 2.44. The first-order chi connectivity index (χ1) is 14.2. The highest BCUT2D eigenvalue weighted by Gasteiger charge is 2.12. The summed E-state index contributed by atoms with van der Waals surface area (Å²) in [6.07, 6.45) is 0.0122. The number of halogens is 2. The number of carbonyl (C=O) groups is 2. The molecule has 0 atom stereocenters. The number of hydrazine groups is 1. The largest absolute Gasteiger partial charge is 0.490 e. The fourth-order valence-electron chi connectivity index (χ4n) is 2.22. The number of amides is 2. The fourth-order valence-corrected chi connectivity index (χ4v) is 3.08. The lowest BCUT2D eigenvalue weighted by Gasteiger charge is -2.13. The quantitative estimate of drug-likeness (QED) is 0.366. The lowest BCUT2D eigenvalue weighted by atomic mass is 10.2. The van der Waals surface area contributed by atoms with Crippen molar-refractivity contribution in [1.29, 1.82) is 0 Å². The standard InChI is InChI=1S/C20H21Br2N3O4S/c1-11(2)29-17-7-4-13(9-16(17)22)19(27)23-20(30)25-24-18(26)10-28-14-5-6-15(21)12(3)8-14/h4-9,11H,10H2,1-3H3,(H,24,26)(H2,23,25,27,30). The zero-order chi connectivity index (χ0) is 22.3. The first kappa shape index (κ1) is 24.1. The van der Waals surface area contributed by atoms with E-state index in [2.05, 4.69) is 48.0 Å². The molecule has 160 valence electrons. The molecular formula is C20H21Br2N3O4S. The van der Waals surface area contributed by atoms with Gasteiger partial charge in [0, 0.05) is 10.0 Å². The summed E-state index contributed by atoms with van der Waals surface area (Å²) >= 11 is 11.8. The van der Waals surface area contributed by atoms with Crippen molar-refractivity contribution in [1.82, 2.24) is 16.2 Å². The summed E-state index contributed by atoms with van der Waals surface area (Å²) in [6, 6.07) is 10.3. The van der Waals surface area contributed by atoms with Crippen LogP contribution in [0.3, 0.4) is 0 Å². The molecule has 0 heterocycles. The van der Waals surface area contributed by atoms with Gasteiger partial charge >= 0.3 is 0 Å². The van der Waals surface area contributed by atoms with E-state index in [0.29, 0.717) is 21.5 Å². The van der Waals surface area contributed by atoms with Gasteiger partial charge in [-0.05, 0) is 90.9 Å². The van der Waals surface area contributed by atoms with Gasteiger partial charge in [-0.2, -0.15) is 0 Å². The van der Waals surface area contributed by atoms with Gasteiger partial charge in [0.2, 0.25) is 0 Å². The Balaban J connectivity index is 1.79. The maximum Gasteiger partial charge on any atom is 0.276 e. The molecule has 0 spiro atoms. The van der Waals surface area contributed by atoms with Gasteiger partial charge in [-0.25, -0.2) is 0 Å². The van der Waals surface area contributed by atoms with Crippen LogP contribution >= 0.6 is 44.1 Å². The molecule has 3 N–H and O–H groups in total. The van der Waals surface area contributed by atoms with Gasteiger partial charge in [0.25, 0.3) is 11.8 Å². The molecule has 0 unspecified atom stereocenters. The molecule has 0 aliphatic heterocycles. The average molecular weight is 559 g/mol. The maximum atomic E-state index is 12.3. The lowest BCUT2D eigenvalue weighted by molar-refractivity contribution is -0.123. The van der Waals surface area contributed by atoms with Crippen molar-refractivity contribution < 1.29 is 19.1 Å². The van der Waals surface area contributed by atoms with Gasteiger partial charge in [-0.3, -0.25) is 25.8 Å². The third-order valence-electron chi connectivity index (χ3n) is 3.60. The number of nitrogens with one attached hydrogen (secondary N) is 3. The fraction of sp³-hybridized carbons (Fsp3) is 0.250.